The first kappa shape index (κ1) is 16.5. The van der Waals surface area contributed by atoms with Crippen molar-refractivity contribution in [2.75, 3.05) is 13.6 Å². The van der Waals surface area contributed by atoms with Gasteiger partial charge in [0.1, 0.15) is 0 Å². The smallest absolute Gasteiger partial charge is 0.207 e. The number of halogens is 1. The van der Waals surface area contributed by atoms with Gasteiger partial charge in [-0.15, -0.1) is 11.6 Å². The highest BCUT2D eigenvalue weighted by Crippen LogP contribution is 2.22. The highest BCUT2D eigenvalue weighted by atomic mass is 35.5. The van der Waals surface area contributed by atoms with Gasteiger partial charge in [-0.25, -0.2) is 12.7 Å². The van der Waals surface area contributed by atoms with Crippen molar-refractivity contribution in [2.24, 2.45) is 5.92 Å². The molecular weight excluding hydrogens is 282 g/mol. The van der Waals surface area contributed by atoms with E-state index in [1.807, 2.05) is 26.0 Å². The average molecular weight is 304 g/mol. The lowest BCUT2D eigenvalue weighted by molar-refractivity contribution is 0.393. The predicted octanol–water partition coefficient (Wildman–Crippen LogP) is 3.40. The SMILES string of the molecule is CCC(C)CN(C)S(=O)(=O)c1cc(CCl)ccc1C. The second-order valence-corrected chi connectivity index (χ2v) is 7.31. The van der Waals surface area contributed by atoms with Gasteiger partial charge >= 0.3 is 0 Å². The fourth-order valence-electron chi connectivity index (χ4n) is 1.84. The number of aryl methyl sites for hydroxylation is 1. The third-order valence-corrected chi connectivity index (χ3v) is 5.63. The molecule has 1 atom stereocenters. The Morgan fingerprint density at radius 3 is 2.53 bits per heavy atom. The molecule has 0 aliphatic rings. The van der Waals surface area contributed by atoms with Crippen molar-refractivity contribution in [3.63, 3.8) is 0 Å². The molecule has 0 aliphatic heterocycles. The maximum atomic E-state index is 12.6. The Kier molecular flexibility index (Phi) is 5.83. The van der Waals surface area contributed by atoms with E-state index in [1.54, 1.807) is 13.1 Å². The summed E-state index contributed by atoms with van der Waals surface area (Å²) in [6.07, 6.45) is 0.959. The van der Waals surface area contributed by atoms with Gasteiger partial charge in [0, 0.05) is 19.5 Å². The highest BCUT2D eigenvalue weighted by Gasteiger charge is 2.24. The molecule has 0 spiro atoms. The molecule has 0 aromatic heterocycles. The Bertz CT molecular complexity index is 528. The van der Waals surface area contributed by atoms with Crippen LogP contribution in [0.3, 0.4) is 0 Å². The largest absolute Gasteiger partial charge is 0.243 e. The molecule has 1 aromatic carbocycles. The molecule has 0 saturated heterocycles. The molecular formula is C14H22ClNO2S. The van der Waals surface area contributed by atoms with Crippen molar-refractivity contribution in [1.29, 1.82) is 0 Å². The topological polar surface area (TPSA) is 37.4 Å². The highest BCUT2D eigenvalue weighted by molar-refractivity contribution is 7.89. The van der Waals surface area contributed by atoms with Crippen molar-refractivity contribution in [1.82, 2.24) is 4.31 Å². The Morgan fingerprint density at radius 1 is 1.37 bits per heavy atom. The predicted molar refractivity (Wildman–Crippen MR) is 80.0 cm³/mol. The molecule has 1 unspecified atom stereocenters. The van der Waals surface area contributed by atoms with Gasteiger partial charge in [0.25, 0.3) is 0 Å². The molecule has 0 N–H and O–H groups in total. The summed E-state index contributed by atoms with van der Waals surface area (Å²) in [5.41, 5.74) is 1.58. The van der Waals surface area contributed by atoms with Gasteiger partial charge in [-0.2, -0.15) is 0 Å². The van der Waals surface area contributed by atoms with Crippen molar-refractivity contribution in [2.45, 2.75) is 38.0 Å². The van der Waals surface area contributed by atoms with E-state index in [2.05, 4.69) is 6.92 Å². The van der Waals surface area contributed by atoms with Crippen LogP contribution in [-0.2, 0) is 15.9 Å². The van der Waals surface area contributed by atoms with Crippen LogP contribution >= 0.6 is 11.6 Å². The first-order valence-electron chi connectivity index (χ1n) is 6.44. The summed E-state index contributed by atoms with van der Waals surface area (Å²) < 4.78 is 26.5. The number of nitrogens with zero attached hydrogens (tertiary/aromatic N) is 1. The second-order valence-electron chi connectivity index (χ2n) is 5.03. The fraction of sp³-hybridized carbons (Fsp3) is 0.571. The number of benzene rings is 1. The summed E-state index contributed by atoms with van der Waals surface area (Å²) >= 11 is 5.78. The van der Waals surface area contributed by atoms with Crippen molar-refractivity contribution >= 4 is 21.6 Å². The van der Waals surface area contributed by atoms with Crippen molar-refractivity contribution < 1.29 is 8.42 Å². The first-order chi connectivity index (χ1) is 8.82. The number of hydrogen-bond donors (Lipinski definition) is 0. The van der Waals surface area contributed by atoms with Gasteiger partial charge in [0.05, 0.1) is 4.90 Å². The van der Waals surface area contributed by atoms with Gasteiger partial charge in [-0.3, -0.25) is 0 Å². The molecule has 1 aromatic rings. The molecule has 0 radical (unpaired) electrons. The minimum Gasteiger partial charge on any atom is -0.207 e. The fourth-order valence-corrected chi connectivity index (χ4v) is 3.57. The summed E-state index contributed by atoms with van der Waals surface area (Å²) in [5.74, 6) is 0.661. The Morgan fingerprint density at radius 2 is 2.00 bits per heavy atom. The third-order valence-electron chi connectivity index (χ3n) is 3.36. The van der Waals surface area contributed by atoms with E-state index in [4.69, 9.17) is 11.6 Å². The Labute approximate surface area is 121 Å². The summed E-state index contributed by atoms with van der Waals surface area (Å²) in [5, 5.41) is 0. The van der Waals surface area contributed by atoms with Gasteiger partial charge in [-0.05, 0) is 30.0 Å². The molecule has 0 saturated carbocycles. The normalized spacial score (nSPS) is 13.8. The van der Waals surface area contributed by atoms with E-state index in [0.717, 1.165) is 17.5 Å². The number of hydrogen-bond acceptors (Lipinski definition) is 2. The van der Waals surface area contributed by atoms with E-state index in [-0.39, 0.29) is 0 Å². The van der Waals surface area contributed by atoms with E-state index >= 15 is 0 Å². The number of sulfonamides is 1. The van der Waals surface area contributed by atoms with Gasteiger partial charge < -0.3 is 0 Å². The molecule has 0 amide bonds. The minimum atomic E-state index is -3.43. The zero-order valence-electron chi connectivity index (χ0n) is 12.0. The Balaban J connectivity index is 3.12. The minimum absolute atomic E-state index is 0.317. The van der Waals surface area contributed by atoms with E-state index in [9.17, 15) is 8.42 Å². The van der Waals surface area contributed by atoms with Crippen LogP contribution in [0, 0.1) is 12.8 Å². The summed E-state index contributed by atoms with van der Waals surface area (Å²) in [7, 11) is -1.80. The lowest BCUT2D eigenvalue weighted by Gasteiger charge is -2.21. The van der Waals surface area contributed by atoms with Crippen LogP contribution in [0.5, 0.6) is 0 Å². The summed E-state index contributed by atoms with van der Waals surface area (Å²) in [6.45, 7) is 6.45. The van der Waals surface area contributed by atoms with Gasteiger partial charge in [0.2, 0.25) is 10.0 Å². The lowest BCUT2D eigenvalue weighted by Crippen LogP contribution is -2.31. The summed E-state index contributed by atoms with van der Waals surface area (Å²) in [6, 6.07) is 5.34. The molecule has 19 heavy (non-hydrogen) atoms. The van der Waals surface area contributed by atoms with Crippen LogP contribution in [0.4, 0.5) is 0 Å². The second kappa shape index (κ2) is 6.73. The standard InChI is InChI=1S/C14H22ClNO2S/c1-5-11(2)10-16(4)19(17,18)14-8-13(9-15)7-6-12(14)3/h6-8,11H,5,9-10H2,1-4H3. The van der Waals surface area contributed by atoms with Crippen LogP contribution < -0.4 is 0 Å². The zero-order chi connectivity index (χ0) is 14.6. The quantitative estimate of drug-likeness (QED) is 0.755. The maximum absolute atomic E-state index is 12.6. The molecule has 0 aliphatic carbocycles. The van der Waals surface area contributed by atoms with Crippen LogP contribution in [0.25, 0.3) is 0 Å². The van der Waals surface area contributed by atoms with E-state index < -0.39 is 10.0 Å². The molecule has 1 rings (SSSR count). The Hall–Kier alpha value is -0.580. The first-order valence-corrected chi connectivity index (χ1v) is 8.42. The zero-order valence-corrected chi connectivity index (χ0v) is 13.6. The van der Waals surface area contributed by atoms with E-state index in [1.165, 1.54) is 4.31 Å². The molecule has 108 valence electrons. The molecule has 3 nitrogen and oxygen atoms in total. The monoisotopic (exact) mass is 303 g/mol. The van der Waals surface area contributed by atoms with Crippen LogP contribution in [0.1, 0.15) is 31.4 Å². The van der Waals surface area contributed by atoms with Crippen LogP contribution in [0.2, 0.25) is 0 Å². The molecule has 0 heterocycles. The summed E-state index contributed by atoms with van der Waals surface area (Å²) in [4.78, 5) is 0.358. The third kappa shape index (κ3) is 3.94. The molecule has 0 bridgehead atoms. The number of alkyl halides is 1. The maximum Gasteiger partial charge on any atom is 0.243 e. The van der Waals surface area contributed by atoms with Crippen molar-refractivity contribution in [3.8, 4) is 0 Å². The average Bonchev–Trinajstić information content (AvgIpc) is 2.38. The lowest BCUT2D eigenvalue weighted by atomic mass is 10.1. The molecule has 5 heteroatoms. The number of rotatable bonds is 6. The van der Waals surface area contributed by atoms with E-state index in [0.29, 0.717) is 23.2 Å². The van der Waals surface area contributed by atoms with Gasteiger partial charge in [-0.1, -0.05) is 32.4 Å². The van der Waals surface area contributed by atoms with Crippen LogP contribution in [0.15, 0.2) is 23.1 Å². The van der Waals surface area contributed by atoms with Gasteiger partial charge in [0.15, 0.2) is 0 Å². The molecule has 0 fully saturated rings. The van der Waals surface area contributed by atoms with Crippen molar-refractivity contribution in [3.05, 3.63) is 29.3 Å². The van der Waals surface area contributed by atoms with Crippen LogP contribution in [-0.4, -0.2) is 26.3 Å².